The number of benzene rings is 8. The van der Waals surface area contributed by atoms with Gasteiger partial charge >= 0.3 is 0 Å². The molecule has 0 aliphatic rings. The number of hydrogen-bond acceptors (Lipinski definition) is 14. The molecule has 0 aliphatic heterocycles. The third-order valence-corrected chi connectivity index (χ3v) is 18.7. The van der Waals surface area contributed by atoms with Crippen molar-refractivity contribution in [1.29, 1.82) is 0 Å². The summed E-state index contributed by atoms with van der Waals surface area (Å²) in [4.78, 5) is 94.3. The van der Waals surface area contributed by atoms with Crippen LogP contribution >= 0.6 is 0 Å². The van der Waals surface area contributed by atoms with Crippen LogP contribution in [0, 0.1) is 0 Å². The molecular weight excluding hydrogens is 1320 g/mol. The SMILES string of the molecule is C.C.C.C.CC(=O)c1cc2c3cc(C(C)=O)c(O)cc3n(CCNC(C)C)c2cc1O.CCC(C)NCCn1c2ccc(C(C)=O)cc2c2cc(C(C)=O)ccc21.CCCNCCn1c2ccc(C(C)=O)cc2c2cc(C(C)=O)ccc21.CNCCn1c2ccc(C(C)=O)cc2c2cc(C(C)=O)ccc21. The third kappa shape index (κ3) is 19.0. The predicted molar refractivity (Wildman–Crippen MR) is 436 cm³/mol. The molecule has 558 valence electrons. The minimum absolute atomic E-state index is 0. The van der Waals surface area contributed by atoms with Crippen molar-refractivity contribution in [3.8, 4) is 11.5 Å². The lowest BCUT2D eigenvalue weighted by atomic mass is 10.0. The number of nitrogens with zero attached hydrogens (tertiary/aromatic N) is 4. The number of rotatable bonds is 25. The lowest BCUT2D eigenvalue weighted by molar-refractivity contribution is 0.100. The standard InChI is InChI=1S/C22H26N2O2.C21H24N2O4.C21H24N2O2.C19H20N2O2.4CH4/c1-5-14(2)23-10-11-24-21-8-6-17(15(3)25)12-19(21)20-13-18(16(4)26)7-9-22(20)24;1-11(2)22-5-6-23-18-9-20(26)14(12(3)24)7-16(18)17-8-15(13(4)25)21(27)10-19(17)23;1-4-9-22-10-11-23-20-7-5-16(14(2)24)12-18(20)19-13-17(15(3)25)6-8-21(19)23;1-12(22)14-4-6-18-16(10-14)17-11-15(13(2)23)5-7-19(17)21(18)9-8-20-3;;;;/h6-9,12-14,23H,5,10-11H2,1-4H3;7-11,22,26-27H,5-6H2,1-4H3;5-8,12-13,22H,4,9-11H2,1-3H3;4-7,10-11,20H,8-9H2,1-3H3;4*1H4. The van der Waals surface area contributed by atoms with Crippen molar-refractivity contribution in [3.63, 3.8) is 0 Å². The summed E-state index contributed by atoms with van der Waals surface area (Å²) in [6.07, 6.45) is 2.20. The van der Waals surface area contributed by atoms with Gasteiger partial charge in [0.2, 0.25) is 0 Å². The van der Waals surface area contributed by atoms with Gasteiger partial charge in [0.1, 0.15) is 11.5 Å². The van der Waals surface area contributed by atoms with E-state index in [1.165, 1.54) is 13.8 Å². The lowest BCUT2D eigenvalue weighted by Gasteiger charge is -2.13. The molecular formula is C87H110N8O10. The van der Waals surface area contributed by atoms with Crippen LogP contribution in [0.5, 0.6) is 11.5 Å². The maximum absolute atomic E-state index is 11.9. The third-order valence-electron chi connectivity index (χ3n) is 18.7. The number of likely N-dealkylation sites (N-methyl/N-ethyl adjacent to an activating group) is 1. The van der Waals surface area contributed by atoms with Crippen LogP contribution in [0.1, 0.15) is 215 Å². The van der Waals surface area contributed by atoms with E-state index in [0.717, 1.165) is 146 Å². The number of nitrogens with one attached hydrogen (secondary N) is 4. The zero-order valence-electron chi connectivity index (χ0n) is 60.6. The number of fused-ring (bicyclic) bond motifs is 12. The smallest absolute Gasteiger partial charge is 0.163 e. The molecule has 1 atom stereocenters. The first-order valence-corrected chi connectivity index (χ1v) is 34.8. The number of phenolic OH excluding ortho intramolecular Hbond substituents is 2. The van der Waals surface area contributed by atoms with E-state index in [1.54, 1.807) is 65.8 Å². The molecule has 18 nitrogen and oxygen atoms in total. The number of phenols is 2. The van der Waals surface area contributed by atoms with Crippen molar-refractivity contribution in [3.05, 3.63) is 178 Å². The molecule has 0 bridgehead atoms. The second kappa shape index (κ2) is 37.5. The lowest BCUT2D eigenvalue weighted by Crippen LogP contribution is -2.28. The second-order valence-corrected chi connectivity index (χ2v) is 26.4. The average molecular weight is 1430 g/mol. The van der Waals surface area contributed by atoms with E-state index in [1.807, 2.05) is 121 Å². The number of carbonyl (C=O) groups excluding carboxylic acids is 8. The van der Waals surface area contributed by atoms with E-state index < -0.39 is 0 Å². The van der Waals surface area contributed by atoms with Gasteiger partial charge in [-0.25, -0.2) is 0 Å². The van der Waals surface area contributed by atoms with Crippen LogP contribution in [0.25, 0.3) is 87.2 Å². The van der Waals surface area contributed by atoms with E-state index in [-0.39, 0.29) is 98.6 Å². The number of ketones is 8. The summed E-state index contributed by atoms with van der Waals surface area (Å²) in [5.74, 6) is -0.326. The Hall–Kier alpha value is -10.2. The monoisotopic (exact) mass is 1430 g/mol. The van der Waals surface area contributed by atoms with Gasteiger partial charge in [-0.1, -0.05) is 57.4 Å². The fourth-order valence-corrected chi connectivity index (χ4v) is 13.1. The van der Waals surface area contributed by atoms with Crippen LogP contribution in [0.3, 0.4) is 0 Å². The Morgan fingerprint density at radius 2 is 0.590 bits per heavy atom. The van der Waals surface area contributed by atoms with Gasteiger partial charge in [-0.3, -0.25) is 38.4 Å². The summed E-state index contributed by atoms with van der Waals surface area (Å²) >= 11 is 0. The largest absolute Gasteiger partial charge is 0.507 e. The van der Waals surface area contributed by atoms with Gasteiger partial charge in [-0.05, 0) is 210 Å². The van der Waals surface area contributed by atoms with E-state index in [2.05, 4.69) is 69.6 Å². The van der Waals surface area contributed by atoms with Crippen molar-refractivity contribution in [2.75, 3.05) is 39.8 Å². The van der Waals surface area contributed by atoms with Gasteiger partial charge in [0.15, 0.2) is 46.3 Å². The highest BCUT2D eigenvalue weighted by atomic mass is 16.3. The van der Waals surface area contributed by atoms with Crippen LogP contribution in [0.15, 0.2) is 133 Å². The number of carbonyl (C=O) groups is 8. The second-order valence-electron chi connectivity index (χ2n) is 26.4. The van der Waals surface area contributed by atoms with E-state index in [0.29, 0.717) is 58.6 Å². The maximum Gasteiger partial charge on any atom is 0.163 e. The minimum atomic E-state index is -0.234. The number of aromatic hydroxyl groups is 2. The van der Waals surface area contributed by atoms with Crippen molar-refractivity contribution < 1.29 is 48.6 Å². The molecule has 12 rings (SSSR count). The van der Waals surface area contributed by atoms with Gasteiger partial charge in [0, 0.05) is 186 Å². The highest BCUT2D eigenvalue weighted by molar-refractivity contribution is 6.17. The van der Waals surface area contributed by atoms with Crippen molar-refractivity contribution in [1.82, 2.24) is 39.5 Å². The Morgan fingerprint density at radius 1 is 0.333 bits per heavy atom. The average Bonchev–Trinajstić information content (AvgIpc) is 1.63. The van der Waals surface area contributed by atoms with Gasteiger partial charge < -0.3 is 49.7 Å². The Kier molecular flexibility index (Phi) is 30.5. The number of Topliss-reactive ketones (excluding diaryl/α,β-unsaturated/α-hetero) is 8. The molecule has 0 spiro atoms. The molecule has 8 aromatic carbocycles. The molecule has 0 fully saturated rings. The number of hydrogen-bond donors (Lipinski definition) is 6. The van der Waals surface area contributed by atoms with Crippen LogP contribution in [0.2, 0.25) is 0 Å². The molecule has 105 heavy (non-hydrogen) atoms. The minimum Gasteiger partial charge on any atom is -0.507 e. The first kappa shape index (κ1) is 85.4. The van der Waals surface area contributed by atoms with Crippen LogP contribution in [-0.2, 0) is 26.2 Å². The van der Waals surface area contributed by atoms with Gasteiger partial charge in [0.05, 0.1) is 22.2 Å². The summed E-state index contributed by atoms with van der Waals surface area (Å²) in [6, 6.07) is 42.2. The molecule has 0 radical (unpaired) electrons. The quantitative estimate of drug-likeness (QED) is 0.0230. The fourth-order valence-electron chi connectivity index (χ4n) is 13.1. The van der Waals surface area contributed by atoms with Crippen LogP contribution < -0.4 is 21.3 Å². The van der Waals surface area contributed by atoms with E-state index >= 15 is 0 Å². The predicted octanol–water partition coefficient (Wildman–Crippen LogP) is 18.4. The molecule has 0 amide bonds. The molecule has 18 heteroatoms. The molecule has 0 saturated heterocycles. The Labute approximate surface area is 618 Å². The van der Waals surface area contributed by atoms with Gasteiger partial charge in [0.25, 0.3) is 0 Å². The topological polar surface area (TPSA) is 245 Å². The van der Waals surface area contributed by atoms with E-state index in [4.69, 9.17) is 0 Å². The van der Waals surface area contributed by atoms with Crippen molar-refractivity contribution >= 4 is 133 Å². The molecule has 1 unspecified atom stereocenters. The van der Waals surface area contributed by atoms with Gasteiger partial charge in [-0.2, -0.15) is 0 Å². The molecule has 6 N–H and O–H groups in total. The van der Waals surface area contributed by atoms with E-state index in [9.17, 15) is 48.6 Å². The first-order chi connectivity index (χ1) is 48.2. The summed E-state index contributed by atoms with van der Waals surface area (Å²) in [5.41, 5.74) is 12.7. The molecule has 4 heterocycles. The molecule has 12 aromatic rings. The fraction of sp³-hybridized carbons (Fsp3) is 0.356. The number of aromatic nitrogens is 4. The molecule has 0 aliphatic carbocycles. The van der Waals surface area contributed by atoms with Gasteiger partial charge in [-0.15, -0.1) is 0 Å². The highest BCUT2D eigenvalue weighted by Gasteiger charge is 2.22. The molecule has 4 aromatic heterocycles. The summed E-state index contributed by atoms with van der Waals surface area (Å²) in [7, 11) is 1.93. The maximum atomic E-state index is 11.9. The molecule has 0 saturated carbocycles. The zero-order valence-corrected chi connectivity index (χ0v) is 60.6. The zero-order chi connectivity index (χ0) is 73.3. The summed E-state index contributed by atoms with van der Waals surface area (Å²) < 4.78 is 8.75. The van der Waals surface area contributed by atoms with Crippen LogP contribution in [-0.4, -0.2) is 127 Å². The Bertz CT molecular complexity index is 4920. The Morgan fingerprint density at radius 3 is 0.838 bits per heavy atom. The van der Waals surface area contributed by atoms with Crippen molar-refractivity contribution in [2.24, 2.45) is 0 Å². The highest BCUT2D eigenvalue weighted by Crippen LogP contribution is 2.38. The van der Waals surface area contributed by atoms with Crippen LogP contribution in [0.4, 0.5) is 0 Å². The van der Waals surface area contributed by atoms with Crippen molar-refractivity contribution in [2.45, 2.75) is 171 Å². The summed E-state index contributed by atoms with van der Waals surface area (Å²) in [6.45, 7) is 30.3. The Balaban J connectivity index is 0.000000249. The summed E-state index contributed by atoms with van der Waals surface area (Å²) in [5, 5.41) is 41.7. The normalized spacial score (nSPS) is 11.3. The first-order valence-electron chi connectivity index (χ1n) is 34.8.